The second kappa shape index (κ2) is 5.56. The predicted molar refractivity (Wildman–Crippen MR) is 76.0 cm³/mol. The zero-order valence-electron chi connectivity index (χ0n) is 10.7. The largest absolute Gasteiger partial charge is 0.397 e. The summed E-state index contributed by atoms with van der Waals surface area (Å²) >= 11 is 0. The third-order valence-corrected chi connectivity index (χ3v) is 2.91. The van der Waals surface area contributed by atoms with Gasteiger partial charge in [-0.25, -0.2) is 0 Å². The molecule has 0 saturated carbocycles. The molecule has 0 radical (unpaired) electrons. The molecule has 18 heavy (non-hydrogen) atoms. The van der Waals surface area contributed by atoms with Crippen LogP contribution in [0.15, 0.2) is 42.5 Å². The molecule has 3 nitrogen and oxygen atoms in total. The molecule has 0 bridgehead atoms. The van der Waals surface area contributed by atoms with Crippen LogP contribution in [-0.4, -0.2) is 7.11 Å². The highest BCUT2D eigenvalue weighted by atomic mass is 16.5. The Morgan fingerprint density at radius 2 is 1.78 bits per heavy atom. The minimum atomic E-state index is 0.578. The van der Waals surface area contributed by atoms with Gasteiger partial charge in [0.25, 0.3) is 0 Å². The molecule has 0 fully saturated rings. The lowest BCUT2D eigenvalue weighted by Gasteiger charge is -2.14. The zero-order chi connectivity index (χ0) is 13.0. The Balaban J connectivity index is 2.31. The number of aryl methyl sites for hydroxylation is 1. The van der Waals surface area contributed by atoms with E-state index in [2.05, 4.69) is 5.32 Å². The van der Waals surface area contributed by atoms with Crippen LogP contribution in [0.5, 0.6) is 0 Å². The number of nitrogens with one attached hydrogen (secondary N) is 1. The third-order valence-electron chi connectivity index (χ3n) is 2.91. The van der Waals surface area contributed by atoms with Gasteiger partial charge in [-0.2, -0.15) is 0 Å². The summed E-state index contributed by atoms with van der Waals surface area (Å²) in [7, 11) is 1.69. The fourth-order valence-electron chi connectivity index (χ4n) is 1.86. The number of nitrogen functional groups attached to an aromatic ring is 1. The van der Waals surface area contributed by atoms with E-state index in [1.54, 1.807) is 7.11 Å². The smallest absolute Gasteiger partial charge is 0.0733 e. The fraction of sp³-hybridized carbons (Fsp3) is 0.200. The number of nitrogens with two attached hydrogens (primary N) is 1. The lowest BCUT2D eigenvalue weighted by atomic mass is 10.1. The zero-order valence-corrected chi connectivity index (χ0v) is 10.7. The van der Waals surface area contributed by atoms with Crippen LogP contribution in [-0.2, 0) is 11.3 Å². The number of methoxy groups -OCH3 is 1. The summed E-state index contributed by atoms with van der Waals surface area (Å²) < 4.78 is 5.19. The fourth-order valence-corrected chi connectivity index (χ4v) is 1.86. The number of anilines is 3. The minimum absolute atomic E-state index is 0.578. The summed E-state index contributed by atoms with van der Waals surface area (Å²) in [6.45, 7) is 2.58. The van der Waals surface area contributed by atoms with E-state index in [9.17, 15) is 0 Å². The van der Waals surface area contributed by atoms with Crippen molar-refractivity contribution >= 4 is 17.1 Å². The van der Waals surface area contributed by atoms with E-state index < -0.39 is 0 Å². The Bertz CT molecular complexity index is 538. The summed E-state index contributed by atoms with van der Waals surface area (Å²) in [5.74, 6) is 0. The average molecular weight is 242 g/mol. The van der Waals surface area contributed by atoms with E-state index in [1.165, 1.54) is 0 Å². The Hall–Kier alpha value is -2.00. The van der Waals surface area contributed by atoms with Crippen molar-refractivity contribution in [1.29, 1.82) is 0 Å². The van der Waals surface area contributed by atoms with Crippen molar-refractivity contribution in [2.45, 2.75) is 13.5 Å². The van der Waals surface area contributed by atoms with Gasteiger partial charge in [0.05, 0.1) is 18.0 Å². The predicted octanol–water partition coefficient (Wildman–Crippen LogP) is 3.47. The highest BCUT2D eigenvalue weighted by Crippen LogP contribution is 2.27. The van der Waals surface area contributed by atoms with Crippen molar-refractivity contribution < 1.29 is 4.74 Å². The van der Waals surface area contributed by atoms with Crippen molar-refractivity contribution in [2.24, 2.45) is 0 Å². The van der Waals surface area contributed by atoms with Crippen LogP contribution in [0.2, 0.25) is 0 Å². The number of rotatable bonds is 4. The molecule has 2 aromatic carbocycles. The maximum absolute atomic E-state index is 6.06. The van der Waals surface area contributed by atoms with Gasteiger partial charge in [0.1, 0.15) is 0 Å². The van der Waals surface area contributed by atoms with Gasteiger partial charge >= 0.3 is 0 Å². The van der Waals surface area contributed by atoms with Crippen LogP contribution in [0, 0.1) is 6.92 Å². The molecule has 0 amide bonds. The molecule has 0 aliphatic heterocycles. The lowest BCUT2D eigenvalue weighted by molar-refractivity contribution is 0.185. The summed E-state index contributed by atoms with van der Waals surface area (Å²) in [6, 6.07) is 14.0. The number of hydrogen-bond acceptors (Lipinski definition) is 3. The topological polar surface area (TPSA) is 47.3 Å². The summed E-state index contributed by atoms with van der Waals surface area (Å²) in [4.78, 5) is 0. The molecule has 0 atom stereocenters. The first kappa shape index (κ1) is 12.5. The van der Waals surface area contributed by atoms with E-state index in [0.717, 1.165) is 28.2 Å². The van der Waals surface area contributed by atoms with Gasteiger partial charge in [-0.3, -0.25) is 0 Å². The molecule has 94 valence electrons. The van der Waals surface area contributed by atoms with Crippen molar-refractivity contribution in [2.75, 3.05) is 18.2 Å². The van der Waals surface area contributed by atoms with E-state index >= 15 is 0 Å². The summed E-state index contributed by atoms with van der Waals surface area (Å²) in [6.07, 6.45) is 0. The van der Waals surface area contributed by atoms with Crippen molar-refractivity contribution in [3.8, 4) is 0 Å². The molecule has 0 spiro atoms. The van der Waals surface area contributed by atoms with Crippen molar-refractivity contribution in [3.63, 3.8) is 0 Å². The summed E-state index contributed by atoms with van der Waals surface area (Å²) in [5, 5.41) is 3.36. The minimum Gasteiger partial charge on any atom is -0.397 e. The quantitative estimate of drug-likeness (QED) is 0.807. The van der Waals surface area contributed by atoms with Crippen LogP contribution in [0.4, 0.5) is 17.1 Å². The average Bonchev–Trinajstić information content (AvgIpc) is 2.37. The first-order valence-corrected chi connectivity index (χ1v) is 5.91. The number of ether oxygens (including phenoxy) is 1. The van der Waals surface area contributed by atoms with Crippen LogP contribution in [0.1, 0.15) is 11.1 Å². The number of benzene rings is 2. The molecule has 2 rings (SSSR count). The van der Waals surface area contributed by atoms with Crippen LogP contribution in [0.3, 0.4) is 0 Å². The Morgan fingerprint density at radius 3 is 2.56 bits per heavy atom. The van der Waals surface area contributed by atoms with Gasteiger partial charge in [-0.1, -0.05) is 30.3 Å². The van der Waals surface area contributed by atoms with Gasteiger partial charge in [-0.15, -0.1) is 0 Å². The highest BCUT2D eigenvalue weighted by molar-refractivity contribution is 5.76. The molecule has 0 aliphatic carbocycles. The molecule has 0 unspecified atom stereocenters. The van der Waals surface area contributed by atoms with E-state index in [0.29, 0.717) is 6.61 Å². The maximum atomic E-state index is 6.06. The van der Waals surface area contributed by atoms with Gasteiger partial charge in [-0.05, 0) is 24.6 Å². The van der Waals surface area contributed by atoms with Crippen LogP contribution in [0.25, 0.3) is 0 Å². The van der Waals surface area contributed by atoms with Crippen molar-refractivity contribution in [3.05, 3.63) is 53.6 Å². The molecule has 0 saturated heterocycles. The number of para-hydroxylation sites is 2. The van der Waals surface area contributed by atoms with E-state index in [1.807, 2.05) is 49.4 Å². The standard InChI is InChI=1S/C15H18N2O/c1-11-6-5-9-14(15(11)16)17-13-8-4-3-7-12(13)10-18-2/h3-9,17H,10,16H2,1-2H3. The molecule has 0 aliphatic rings. The van der Waals surface area contributed by atoms with Gasteiger partial charge in [0.2, 0.25) is 0 Å². The molecular weight excluding hydrogens is 224 g/mol. The second-order valence-corrected chi connectivity index (χ2v) is 4.25. The third kappa shape index (κ3) is 2.63. The Morgan fingerprint density at radius 1 is 1.06 bits per heavy atom. The molecule has 2 aromatic rings. The van der Waals surface area contributed by atoms with E-state index in [4.69, 9.17) is 10.5 Å². The first-order valence-electron chi connectivity index (χ1n) is 5.91. The van der Waals surface area contributed by atoms with E-state index in [-0.39, 0.29) is 0 Å². The molecule has 0 aromatic heterocycles. The van der Waals surface area contributed by atoms with Gasteiger partial charge in [0.15, 0.2) is 0 Å². The normalized spacial score (nSPS) is 10.3. The Kier molecular flexibility index (Phi) is 3.85. The van der Waals surface area contributed by atoms with Crippen LogP contribution >= 0.6 is 0 Å². The molecule has 3 N–H and O–H groups in total. The van der Waals surface area contributed by atoms with Gasteiger partial charge < -0.3 is 15.8 Å². The Labute approximate surface area is 108 Å². The first-order chi connectivity index (χ1) is 8.72. The second-order valence-electron chi connectivity index (χ2n) is 4.25. The molecule has 3 heteroatoms. The molecule has 0 heterocycles. The molecular formula is C15H18N2O. The summed E-state index contributed by atoms with van der Waals surface area (Å²) in [5.41, 5.74) is 11.0. The van der Waals surface area contributed by atoms with Crippen LogP contribution < -0.4 is 11.1 Å². The SMILES string of the molecule is COCc1ccccc1Nc1cccc(C)c1N. The van der Waals surface area contributed by atoms with Gasteiger partial charge in [0, 0.05) is 18.4 Å². The monoisotopic (exact) mass is 242 g/mol. The lowest BCUT2D eigenvalue weighted by Crippen LogP contribution is -2.01. The highest BCUT2D eigenvalue weighted by Gasteiger charge is 2.05. The van der Waals surface area contributed by atoms with Crippen molar-refractivity contribution in [1.82, 2.24) is 0 Å². The maximum Gasteiger partial charge on any atom is 0.0733 e. The number of hydrogen-bond donors (Lipinski definition) is 2.